The summed E-state index contributed by atoms with van der Waals surface area (Å²) in [6.45, 7) is 16.1. The second kappa shape index (κ2) is 7.45. The van der Waals surface area contributed by atoms with Crippen LogP contribution in [0.3, 0.4) is 0 Å². The Labute approximate surface area is 198 Å². The van der Waals surface area contributed by atoms with Crippen LogP contribution >= 0.6 is 0 Å². The second-order valence-electron chi connectivity index (χ2n) is 11.6. The van der Waals surface area contributed by atoms with Crippen molar-refractivity contribution in [2.45, 2.75) is 59.3 Å². The average molecular weight is 431 g/mol. The minimum absolute atomic E-state index is 0.105. The maximum absolute atomic E-state index is 2.43. The van der Waals surface area contributed by atoms with Crippen LogP contribution in [0.25, 0.3) is 43.4 Å². The molecule has 166 valence electrons. The molecule has 0 aliphatic heterocycles. The van der Waals surface area contributed by atoms with Crippen molar-refractivity contribution in [1.82, 2.24) is 0 Å². The molecule has 33 heavy (non-hydrogen) atoms. The van der Waals surface area contributed by atoms with Gasteiger partial charge in [-0.2, -0.15) is 0 Å². The Balaban J connectivity index is 1.94. The molecule has 0 saturated carbocycles. The van der Waals surface area contributed by atoms with Gasteiger partial charge in [-0.1, -0.05) is 108 Å². The molecule has 0 fully saturated rings. The Morgan fingerprint density at radius 1 is 0.485 bits per heavy atom. The molecular formula is C33H34. The van der Waals surface area contributed by atoms with Gasteiger partial charge in [0, 0.05) is 0 Å². The lowest BCUT2D eigenvalue weighted by Gasteiger charge is -2.24. The molecule has 0 nitrogen and oxygen atoms in total. The maximum atomic E-state index is 2.43. The quantitative estimate of drug-likeness (QED) is 0.232. The molecule has 0 unspecified atom stereocenters. The highest BCUT2D eigenvalue weighted by molar-refractivity contribution is 6.15. The summed E-state index contributed by atoms with van der Waals surface area (Å²) >= 11 is 0. The van der Waals surface area contributed by atoms with Crippen LogP contribution in [0.1, 0.15) is 58.2 Å². The van der Waals surface area contributed by atoms with E-state index in [1.165, 1.54) is 60.1 Å². The lowest BCUT2D eigenvalue weighted by molar-refractivity contribution is 0.590. The monoisotopic (exact) mass is 430 g/mol. The van der Waals surface area contributed by atoms with Crippen molar-refractivity contribution in [2.24, 2.45) is 0 Å². The zero-order valence-electron chi connectivity index (χ0n) is 21.0. The van der Waals surface area contributed by atoms with E-state index >= 15 is 0 Å². The summed E-state index contributed by atoms with van der Waals surface area (Å²) in [5.41, 5.74) is 7.00. The Kier molecular flexibility index (Phi) is 4.90. The van der Waals surface area contributed by atoms with E-state index in [4.69, 9.17) is 0 Å². The molecule has 0 aromatic heterocycles. The summed E-state index contributed by atoms with van der Waals surface area (Å²) in [7, 11) is 0. The zero-order chi connectivity index (χ0) is 23.5. The van der Waals surface area contributed by atoms with E-state index in [0.717, 1.165) is 0 Å². The highest BCUT2D eigenvalue weighted by atomic mass is 14.2. The Hall–Kier alpha value is -3.12. The van der Waals surface area contributed by atoms with Crippen molar-refractivity contribution in [2.75, 3.05) is 0 Å². The predicted molar refractivity (Wildman–Crippen MR) is 147 cm³/mol. The third-order valence-electron chi connectivity index (χ3n) is 7.16. The van der Waals surface area contributed by atoms with E-state index in [2.05, 4.69) is 127 Å². The van der Waals surface area contributed by atoms with Crippen LogP contribution in [0, 0.1) is 6.92 Å². The van der Waals surface area contributed by atoms with Crippen LogP contribution in [-0.2, 0) is 10.8 Å². The molecule has 5 aromatic rings. The molecule has 0 heterocycles. The maximum Gasteiger partial charge on any atom is -0.00263 e. The fourth-order valence-corrected chi connectivity index (χ4v) is 5.03. The number of aryl methyl sites for hydroxylation is 1. The molecular weight excluding hydrogens is 396 g/mol. The van der Waals surface area contributed by atoms with Gasteiger partial charge in [0.25, 0.3) is 0 Å². The fourth-order valence-electron chi connectivity index (χ4n) is 5.03. The fraction of sp³-hybridized carbons (Fsp3) is 0.273. The molecule has 5 rings (SSSR count). The largest absolute Gasteiger partial charge is 0.0616 e. The smallest absolute Gasteiger partial charge is 0.00263 e. The number of hydrogen-bond donors (Lipinski definition) is 0. The van der Waals surface area contributed by atoms with Gasteiger partial charge in [0.15, 0.2) is 0 Å². The molecule has 0 atom stereocenters. The van der Waals surface area contributed by atoms with Gasteiger partial charge in [-0.25, -0.2) is 0 Å². The predicted octanol–water partition coefficient (Wildman–Crippen LogP) is 9.72. The number of benzene rings is 5. The van der Waals surface area contributed by atoms with Crippen molar-refractivity contribution >= 4 is 32.3 Å². The van der Waals surface area contributed by atoms with E-state index in [1.54, 1.807) is 0 Å². The Morgan fingerprint density at radius 3 is 1.70 bits per heavy atom. The van der Waals surface area contributed by atoms with Crippen molar-refractivity contribution in [3.8, 4) is 11.1 Å². The molecule has 0 amide bonds. The first-order valence-electron chi connectivity index (χ1n) is 12.0. The highest BCUT2D eigenvalue weighted by Crippen LogP contribution is 2.42. The number of rotatable bonds is 1. The summed E-state index contributed by atoms with van der Waals surface area (Å²) in [6, 6.07) is 29.8. The minimum Gasteiger partial charge on any atom is -0.0616 e. The van der Waals surface area contributed by atoms with Crippen LogP contribution in [0.5, 0.6) is 0 Å². The van der Waals surface area contributed by atoms with Crippen molar-refractivity contribution in [1.29, 1.82) is 0 Å². The van der Waals surface area contributed by atoms with E-state index < -0.39 is 0 Å². The van der Waals surface area contributed by atoms with Crippen molar-refractivity contribution < 1.29 is 0 Å². The standard InChI is InChI=1S/C33H34/c1-21-27-16-14-26(33(5,6)7)20-30(27)31(24-13-12-22-10-8-9-11-23(22)18-24)28-17-15-25(19-29(21)28)32(2,3)4/h8-20H,1-7H3. The molecule has 0 radical (unpaired) electrons. The first-order chi connectivity index (χ1) is 15.5. The number of hydrogen-bond acceptors (Lipinski definition) is 0. The van der Waals surface area contributed by atoms with Gasteiger partial charge < -0.3 is 0 Å². The first-order valence-corrected chi connectivity index (χ1v) is 12.0. The van der Waals surface area contributed by atoms with Gasteiger partial charge in [0.2, 0.25) is 0 Å². The molecule has 0 heteroatoms. The number of fused-ring (bicyclic) bond motifs is 3. The first kappa shape index (κ1) is 21.7. The van der Waals surface area contributed by atoms with Gasteiger partial charge in [-0.05, 0) is 90.0 Å². The molecule has 0 aliphatic rings. The van der Waals surface area contributed by atoms with Crippen LogP contribution in [0.15, 0.2) is 78.9 Å². The lowest BCUT2D eigenvalue weighted by atomic mass is 9.80. The van der Waals surface area contributed by atoms with E-state index in [1.807, 2.05) is 0 Å². The van der Waals surface area contributed by atoms with Crippen LogP contribution in [0.2, 0.25) is 0 Å². The zero-order valence-corrected chi connectivity index (χ0v) is 21.0. The van der Waals surface area contributed by atoms with Crippen molar-refractivity contribution in [3.63, 3.8) is 0 Å². The summed E-state index contributed by atoms with van der Waals surface area (Å²) < 4.78 is 0. The third kappa shape index (κ3) is 3.72. The Morgan fingerprint density at radius 2 is 1.06 bits per heavy atom. The summed E-state index contributed by atoms with van der Waals surface area (Å²) in [5, 5.41) is 7.98. The van der Waals surface area contributed by atoms with Gasteiger partial charge >= 0.3 is 0 Å². The van der Waals surface area contributed by atoms with E-state index in [-0.39, 0.29) is 10.8 Å². The Bertz CT molecular complexity index is 1520. The van der Waals surface area contributed by atoms with Crippen LogP contribution < -0.4 is 0 Å². The lowest BCUT2D eigenvalue weighted by Crippen LogP contribution is -2.11. The summed E-state index contributed by atoms with van der Waals surface area (Å²) in [4.78, 5) is 0. The highest BCUT2D eigenvalue weighted by Gasteiger charge is 2.20. The average Bonchev–Trinajstić information content (AvgIpc) is 2.77. The molecule has 0 spiro atoms. The molecule has 0 saturated heterocycles. The van der Waals surface area contributed by atoms with Crippen LogP contribution in [-0.4, -0.2) is 0 Å². The minimum atomic E-state index is 0.105. The molecule has 0 N–H and O–H groups in total. The van der Waals surface area contributed by atoms with Crippen LogP contribution in [0.4, 0.5) is 0 Å². The molecule has 5 aromatic carbocycles. The van der Waals surface area contributed by atoms with E-state index in [9.17, 15) is 0 Å². The molecule has 0 bridgehead atoms. The van der Waals surface area contributed by atoms with Gasteiger partial charge in [-0.3, -0.25) is 0 Å². The van der Waals surface area contributed by atoms with E-state index in [0.29, 0.717) is 0 Å². The summed E-state index contributed by atoms with van der Waals surface area (Å²) in [6.07, 6.45) is 0. The second-order valence-corrected chi connectivity index (χ2v) is 11.6. The van der Waals surface area contributed by atoms with Gasteiger partial charge in [0.1, 0.15) is 0 Å². The molecule has 0 aliphatic carbocycles. The topological polar surface area (TPSA) is 0 Å². The SMILES string of the molecule is Cc1c2cc(C(C)(C)C)ccc2c(-c2ccc3ccccc3c2)c2cc(C(C)(C)C)ccc12. The third-order valence-corrected chi connectivity index (χ3v) is 7.16. The normalized spacial score (nSPS) is 12.7. The summed E-state index contributed by atoms with van der Waals surface area (Å²) in [5.74, 6) is 0. The van der Waals surface area contributed by atoms with Gasteiger partial charge in [0.05, 0.1) is 0 Å². The van der Waals surface area contributed by atoms with Gasteiger partial charge in [-0.15, -0.1) is 0 Å². The van der Waals surface area contributed by atoms with Crippen molar-refractivity contribution in [3.05, 3.63) is 95.6 Å².